The van der Waals surface area contributed by atoms with E-state index in [2.05, 4.69) is 40.0 Å². The first kappa shape index (κ1) is 21.7. The van der Waals surface area contributed by atoms with Gasteiger partial charge in [0.05, 0.1) is 22.9 Å². The number of carbonyl (C=O) groups is 2. The molecule has 5 nitrogen and oxygen atoms in total. The summed E-state index contributed by atoms with van der Waals surface area (Å²) in [5.74, 6) is 0.377. The van der Waals surface area contributed by atoms with Crippen LogP contribution < -0.4 is 10.6 Å². The number of nitrogens with zero attached hydrogens (tertiary/aromatic N) is 1. The van der Waals surface area contributed by atoms with Crippen LogP contribution in [-0.4, -0.2) is 36.3 Å². The van der Waals surface area contributed by atoms with Crippen LogP contribution in [0, 0.1) is 5.92 Å². The molecule has 1 fully saturated rings. The Labute approximate surface area is 191 Å². The highest BCUT2D eigenvalue weighted by atomic mass is 32.1. The molecule has 1 aliphatic heterocycles. The zero-order valence-corrected chi connectivity index (χ0v) is 19.2. The van der Waals surface area contributed by atoms with Crippen LogP contribution in [0.2, 0.25) is 0 Å². The molecule has 1 saturated heterocycles. The standard InChI is InChI=1S/C24H27N3O2S2/c1-17-8-11-27(12-9-17)21(22-7-4-13-31-22)15-25-24(29)19-5-2-3-6-20(19)26-23(28)18-10-14-30-16-18/h2-7,10,13-14,16-17,21H,8-9,11-12,15H2,1H3,(H,25,29)(H,26,28). The summed E-state index contributed by atoms with van der Waals surface area (Å²) in [7, 11) is 0. The molecule has 1 aromatic carbocycles. The number of amides is 2. The van der Waals surface area contributed by atoms with E-state index in [0.717, 1.165) is 19.0 Å². The van der Waals surface area contributed by atoms with Crippen LogP contribution in [-0.2, 0) is 0 Å². The number of anilines is 1. The van der Waals surface area contributed by atoms with Gasteiger partial charge >= 0.3 is 0 Å². The molecule has 2 aromatic heterocycles. The Morgan fingerprint density at radius 1 is 1.06 bits per heavy atom. The molecule has 162 valence electrons. The molecule has 3 aromatic rings. The number of piperidine rings is 1. The topological polar surface area (TPSA) is 61.4 Å². The monoisotopic (exact) mass is 453 g/mol. The normalized spacial score (nSPS) is 16.0. The number of thiophene rings is 2. The van der Waals surface area contributed by atoms with E-state index in [1.54, 1.807) is 34.9 Å². The van der Waals surface area contributed by atoms with E-state index in [1.807, 2.05) is 17.5 Å². The molecule has 7 heteroatoms. The number of likely N-dealkylation sites (tertiary alicyclic amines) is 1. The quantitative estimate of drug-likeness (QED) is 0.513. The van der Waals surface area contributed by atoms with Gasteiger partial charge in [0.15, 0.2) is 0 Å². The van der Waals surface area contributed by atoms with E-state index in [4.69, 9.17) is 0 Å². The van der Waals surface area contributed by atoms with Crippen molar-refractivity contribution in [1.82, 2.24) is 10.2 Å². The number of hydrogen-bond acceptors (Lipinski definition) is 5. The van der Waals surface area contributed by atoms with Gasteiger partial charge in [-0.1, -0.05) is 25.1 Å². The lowest BCUT2D eigenvalue weighted by molar-refractivity contribution is 0.0915. The van der Waals surface area contributed by atoms with Gasteiger partial charge in [-0.3, -0.25) is 14.5 Å². The van der Waals surface area contributed by atoms with Crippen molar-refractivity contribution in [2.75, 3.05) is 25.0 Å². The average molecular weight is 454 g/mol. The summed E-state index contributed by atoms with van der Waals surface area (Å²) in [5.41, 5.74) is 1.59. The Morgan fingerprint density at radius 2 is 1.87 bits per heavy atom. The van der Waals surface area contributed by atoms with Gasteiger partial charge in [0, 0.05) is 16.8 Å². The minimum absolute atomic E-state index is 0.170. The van der Waals surface area contributed by atoms with Crippen LogP contribution >= 0.6 is 22.7 Å². The van der Waals surface area contributed by atoms with E-state index < -0.39 is 0 Å². The lowest BCUT2D eigenvalue weighted by atomic mass is 9.97. The smallest absolute Gasteiger partial charge is 0.256 e. The summed E-state index contributed by atoms with van der Waals surface area (Å²) in [6.45, 7) is 4.95. The molecule has 2 N–H and O–H groups in total. The predicted molar refractivity (Wildman–Crippen MR) is 128 cm³/mol. The molecule has 1 atom stereocenters. The molecule has 1 unspecified atom stereocenters. The number of nitrogens with one attached hydrogen (secondary N) is 2. The maximum atomic E-state index is 13.1. The summed E-state index contributed by atoms with van der Waals surface area (Å²) in [6.07, 6.45) is 2.38. The molecule has 1 aliphatic rings. The molecular formula is C24H27N3O2S2. The summed E-state index contributed by atoms with van der Waals surface area (Å²) in [4.78, 5) is 29.3. The van der Waals surface area contributed by atoms with Crippen molar-refractivity contribution in [3.05, 3.63) is 74.6 Å². The molecule has 2 amide bonds. The van der Waals surface area contributed by atoms with Crippen LogP contribution in [0.5, 0.6) is 0 Å². The predicted octanol–water partition coefficient (Wildman–Crippen LogP) is 5.26. The number of carbonyl (C=O) groups excluding carboxylic acids is 2. The van der Waals surface area contributed by atoms with Crippen LogP contribution in [0.15, 0.2) is 58.6 Å². The molecule has 0 aliphatic carbocycles. The first-order chi connectivity index (χ1) is 15.1. The Morgan fingerprint density at radius 3 is 2.58 bits per heavy atom. The summed E-state index contributed by atoms with van der Waals surface area (Å²) in [6, 6.07) is 13.3. The number of hydrogen-bond donors (Lipinski definition) is 2. The van der Waals surface area contributed by atoms with Gasteiger partial charge in [-0.05, 0) is 66.9 Å². The number of para-hydroxylation sites is 1. The third kappa shape index (κ3) is 5.42. The van der Waals surface area contributed by atoms with E-state index in [-0.39, 0.29) is 17.9 Å². The third-order valence-electron chi connectivity index (χ3n) is 5.79. The molecule has 0 radical (unpaired) electrons. The lowest BCUT2D eigenvalue weighted by Crippen LogP contribution is -2.41. The molecule has 31 heavy (non-hydrogen) atoms. The summed E-state index contributed by atoms with van der Waals surface area (Å²) in [5, 5.41) is 11.7. The SMILES string of the molecule is CC1CCN(C(CNC(=O)c2ccccc2NC(=O)c2ccsc2)c2cccs2)CC1. The highest BCUT2D eigenvalue weighted by molar-refractivity contribution is 7.10. The molecule has 0 saturated carbocycles. The van der Waals surface area contributed by atoms with Gasteiger partial charge in [-0.25, -0.2) is 0 Å². The largest absolute Gasteiger partial charge is 0.350 e. The van der Waals surface area contributed by atoms with Gasteiger partial charge in [0.1, 0.15) is 0 Å². The molecular weight excluding hydrogens is 426 g/mol. The van der Waals surface area contributed by atoms with E-state index in [9.17, 15) is 9.59 Å². The minimum Gasteiger partial charge on any atom is -0.350 e. The Bertz CT molecular complexity index is 994. The Balaban J connectivity index is 1.45. The van der Waals surface area contributed by atoms with Crippen molar-refractivity contribution in [3.8, 4) is 0 Å². The van der Waals surface area contributed by atoms with Gasteiger partial charge in [-0.2, -0.15) is 11.3 Å². The van der Waals surface area contributed by atoms with Crippen molar-refractivity contribution in [2.24, 2.45) is 5.92 Å². The van der Waals surface area contributed by atoms with Crippen LogP contribution in [0.1, 0.15) is 51.4 Å². The lowest BCUT2D eigenvalue weighted by Gasteiger charge is -2.36. The van der Waals surface area contributed by atoms with Crippen molar-refractivity contribution >= 4 is 40.2 Å². The molecule has 3 heterocycles. The van der Waals surface area contributed by atoms with Gasteiger partial charge < -0.3 is 10.6 Å². The fourth-order valence-corrected chi connectivity index (χ4v) is 5.39. The van der Waals surface area contributed by atoms with Crippen molar-refractivity contribution in [1.29, 1.82) is 0 Å². The minimum atomic E-state index is -0.208. The fourth-order valence-electron chi connectivity index (χ4n) is 3.89. The van der Waals surface area contributed by atoms with Crippen LogP contribution in [0.25, 0.3) is 0 Å². The zero-order valence-electron chi connectivity index (χ0n) is 17.5. The molecule has 4 rings (SSSR count). The number of rotatable bonds is 7. The second-order valence-electron chi connectivity index (χ2n) is 7.97. The second-order valence-corrected chi connectivity index (χ2v) is 9.73. The van der Waals surface area contributed by atoms with E-state index >= 15 is 0 Å². The average Bonchev–Trinajstić information content (AvgIpc) is 3.50. The Kier molecular flexibility index (Phi) is 7.17. The van der Waals surface area contributed by atoms with E-state index in [0.29, 0.717) is 23.4 Å². The van der Waals surface area contributed by atoms with Crippen molar-refractivity contribution in [3.63, 3.8) is 0 Å². The molecule has 0 spiro atoms. The van der Waals surface area contributed by atoms with Crippen LogP contribution in [0.3, 0.4) is 0 Å². The third-order valence-corrected chi connectivity index (χ3v) is 7.45. The van der Waals surface area contributed by atoms with Crippen molar-refractivity contribution < 1.29 is 9.59 Å². The maximum absolute atomic E-state index is 13.1. The second kappa shape index (κ2) is 10.2. The Hall–Kier alpha value is -2.48. The van der Waals surface area contributed by atoms with Crippen molar-refractivity contribution in [2.45, 2.75) is 25.8 Å². The first-order valence-corrected chi connectivity index (χ1v) is 12.4. The first-order valence-electron chi connectivity index (χ1n) is 10.6. The van der Waals surface area contributed by atoms with Gasteiger partial charge in [0.2, 0.25) is 0 Å². The van der Waals surface area contributed by atoms with Gasteiger partial charge in [-0.15, -0.1) is 11.3 Å². The highest BCUT2D eigenvalue weighted by Gasteiger charge is 2.26. The fraction of sp³-hybridized carbons (Fsp3) is 0.333. The van der Waals surface area contributed by atoms with Gasteiger partial charge in [0.25, 0.3) is 11.8 Å². The zero-order chi connectivity index (χ0) is 21.6. The molecule has 0 bridgehead atoms. The maximum Gasteiger partial charge on any atom is 0.256 e. The number of benzene rings is 1. The van der Waals surface area contributed by atoms with E-state index in [1.165, 1.54) is 29.1 Å². The highest BCUT2D eigenvalue weighted by Crippen LogP contribution is 2.29. The van der Waals surface area contributed by atoms with Crippen LogP contribution in [0.4, 0.5) is 5.69 Å². The summed E-state index contributed by atoms with van der Waals surface area (Å²) < 4.78 is 0. The summed E-state index contributed by atoms with van der Waals surface area (Å²) >= 11 is 3.20.